The molecule has 1 saturated carbocycles. The van der Waals surface area contributed by atoms with Crippen molar-refractivity contribution in [2.75, 3.05) is 12.4 Å². The number of carboxylic acids is 1. The van der Waals surface area contributed by atoms with Gasteiger partial charge in [-0.05, 0) is 35.2 Å². The van der Waals surface area contributed by atoms with Crippen LogP contribution in [0, 0.1) is 17.3 Å². The van der Waals surface area contributed by atoms with Crippen molar-refractivity contribution in [3.63, 3.8) is 0 Å². The molecule has 0 aliphatic heterocycles. The maximum Gasteiger partial charge on any atom is 0.307 e. The first-order valence-electron chi connectivity index (χ1n) is 9.15. The predicted octanol–water partition coefficient (Wildman–Crippen LogP) is 3.25. The van der Waals surface area contributed by atoms with Gasteiger partial charge in [0.25, 0.3) is 5.91 Å². The summed E-state index contributed by atoms with van der Waals surface area (Å²) in [5, 5.41) is 12.0. The highest BCUT2D eigenvalue weighted by Gasteiger charge is 2.65. The molecule has 0 saturated heterocycles. The SMILES string of the molecule is CN(Cc1ccccc1)C(=O)c1ccc(NC(=O)[C@H]2[C@@H](C(=O)O)C2(C)C)cc1. The van der Waals surface area contributed by atoms with E-state index in [2.05, 4.69) is 5.32 Å². The minimum atomic E-state index is -0.951. The summed E-state index contributed by atoms with van der Waals surface area (Å²) >= 11 is 0. The zero-order valence-electron chi connectivity index (χ0n) is 16.2. The molecule has 2 aromatic carbocycles. The van der Waals surface area contributed by atoms with Crippen LogP contribution in [0.15, 0.2) is 54.6 Å². The van der Waals surface area contributed by atoms with E-state index < -0.39 is 23.2 Å². The average Bonchev–Trinajstić information content (AvgIpc) is 3.25. The fourth-order valence-corrected chi connectivity index (χ4v) is 3.65. The minimum Gasteiger partial charge on any atom is -0.481 e. The van der Waals surface area contributed by atoms with E-state index in [0.717, 1.165) is 5.56 Å². The number of nitrogens with one attached hydrogen (secondary N) is 1. The number of hydrogen-bond donors (Lipinski definition) is 2. The number of carbonyl (C=O) groups is 3. The van der Waals surface area contributed by atoms with Gasteiger partial charge < -0.3 is 15.3 Å². The molecule has 6 nitrogen and oxygen atoms in total. The van der Waals surface area contributed by atoms with Crippen molar-refractivity contribution in [3.8, 4) is 0 Å². The summed E-state index contributed by atoms with van der Waals surface area (Å²) < 4.78 is 0. The van der Waals surface area contributed by atoms with Crippen LogP contribution in [-0.2, 0) is 16.1 Å². The van der Waals surface area contributed by atoms with E-state index in [9.17, 15) is 19.5 Å². The van der Waals surface area contributed by atoms with Crippen molar-refractivity contribution in [3.05, 3.63) is 65.7 Å². The van der Waals surface area contributed by atoms with Crippen LogP contribution in [0.2, 0.25) is 0 Å². The molecule has 3 rings (SSSR count). The van der Waals surface area contributed by atoms with E-state index in [1.54, 1.807) is 50.1 Å². The molecule has 6 heteroatoms. The molecule has 0 radical (unpaired) electrons. The summed E-state index contributed by atoms with van der Waals surface area (Å²) in [6.07, 6.45) is 0. The summed E-state index contributed by atoms with van der Waals surface area (Å²) in [5.41, 5.74) is 1.55. The highest BCUT2D eigenvalue weighted by molar-refractivity contribution is 6.00. The third-order valence-corrected chi connectivity index (χ3v) is 5.38. The number of rotatable bonds is 6. The van der Waals surface area contributed by atoms with Gasteiger partial charge in [0.15, 0.2) is 0 Å². The molecule has 2 aromatic rings. The van der Waals surface area contributed by atoms with E-state index in [4.69, 9.17) is 0 Å². The fourth-order valence-electron chi connectivity index (χ4n) is 3.65. The molecule has 0 heterocycles. The molecular formula is C22H24N2O4. The maximum atomic E-state index is 12.6. The molecule has 2 atom stereocenters. The number of anilines is 1. The molecule has 2 amide bonds. The molecule has 0 unspecified atom stereocenters. The Hall–Kier alpha value is -3.15. The van der Waals surface area contributed by atoms with Crippen LogP contribution in [0.4, 0.5) is 5.69 Å². The second-order valence-corrected chi connectivity index (χ2v) is 7.83. The van der Waals surface area contributed by atoms with Gasteiger partial charge >= 0.3 is 5.97 Å². The zero-order valence-corrected chi connectivity index (χ0v) is 16.2. The number of aliphatic carboxylic acids is 1. The Kier molecular flexibility index (Phi) is 5.23. The summed E-state index contributed by atoms with van der Waals surface area (Å²) in [5.74, 6) is -2.59. The van der Waals surface area contributed by atoms with Crippen LogP contribution in [0.1, 0.15) is 29.8 Å². The molecule has 1 aliphatic carbocycles. The van der Waals surface area contributed by atoms with Crippen molar-refractivity contribution in [1.29, 1.82) is 0 Å². The maximum absolute atomic E-state index is 12.6. The second kappa shape index (κ2) is 7.46. The third-order valence-electron chi connectivity index (χ3n) is 5.38. The standard InChI is InChI=1S/C22H24N2O4/c1-22(2)17(18(22)21(27)28)19(25)23-16-11-9-15(10-12-16)20(26)24(3)13-14-7-5-4-6-8-14/h4-12,17-18H,13H2,1-3H3,(H,23,25)(H,27,28)/t17-,18+/m1/s1. The topological polar surface area (TPSA) is 86.7 Å². The van der Waals surface area contributed by atoms with Crippen molar-refractivity contribution in [2.45, 2.75) is 20.4 Å². The Bertz CT molecular complexity index is 891. The first-order valence-corrected chi connectivity index (χ1v) is 9.15. The normalized spacial score (nSPS) is 19.5. The number of carboxylic acid groups (broad SMARTS) is 1. The number of nitrogens with zero attached hydrogens (tertiary/aromatic N) is 1. The van der Waals surface area contributed by atoms with Crippen LogP contribution in [0.25, 0.3) is 0 Å². The van der Waals surface area contributed by atoms with E-state index in [1.807, 2.05) is 30.3 Å². The lowest BCUT2D eigenvalue weighted by atomic mass is 10.1. The van der Waals surface area contributed by atoms with E-state index in [-0.39, 0.29) is 11.8 Å². The first-order chi connectivity index (χ1) is 13.2. The largest absolute Gasteiger partial charge is 0.481 e. The molecule has 1 aliphatic rings. The number of benzene rings is 2. The molecule has 28 heavy (non-hydrogen) atoms. The third kappa shape index (κ3) is 3.91. The van der Waals surface area contributed by atoms with Gasteiger partial charge in [-0.15, -0.1) is 0 Å². The van der Waals surface area contributed by atoms with Crippen LogP contribution in [-0.4, -0.2) is 34.8 Å². The number of hydrogen-bond acceptors (Lipinski definition) is 3. The number of amides is 2. The van der Waals surface area contributed by atoms with Crippen molar-refractivity contribution in [1.82, 2.24) is 4.90 Å². The van der Waals surface area contributed by atoms with Crippen LogP contribution in [0.5, 0.6) is 0 Å². The van der Waals surface area contributed by atoms with Gasteiger partial charge in [0.05, 0.1) is 11.8 Å². The second-order valence-electron chi connectivity index (χ2n) is 7.83. The van der Waals surface area contributed by atoms with Crippen LogP contribution < -0.4 is 5.32 Å². The minimum absolute atomic E-state index is 0.115. The van der Waals surface area contributed by atoms with Crippen molar-refractivity contribution < 1.29 is 19.5 Å². The number of carbonyl (C=O) groups excluding carboxylic acids is 2. The van der Waals surface area contributed by atoms with Crippen molar-refractivity contribution in [2.24, 2.45) is 17.3 Å². The smallest absolute Gasteiger partial charge is 0.307 e. The van der Waals surface area contributed by atoms with E-state index in [0.29, 0.717) is 17.8 Å². The Labute approximate surface area is 164 Å². The molecule has 0 bridgehead atoms. The summed E-state index contributed by atoms with van der Waals surface area (Å²) in [7, 11) is 1.74. The highest BCUT2D eigenvalue weighted by Crippen LogP contribution is 2.58. The summed E-state index contributed by atoms with van der Waals surface area (Å²) in [6, 6.07) is 16.4. The lowest BCUT2D eigenvalue weighted by Crippen LogP contribution is -2.26. The zero-order chi connectivity index (χ0) is 20.5. The summed E-state index contributed by atoms with van der Waals surface area (Å²) in [6.45, 7) is 4.06. The van der Waals surface area contributed by atoms with Gasteiger partial charge in [-0.2, -0.15) is 0 Å². The lowest BCUT2D eigenvalue weighted by Gasteiger charge is -2.17. The Morgan fingerprint density at radius 1 is 1.00 bits per heavy atom. The van der Waals surface area contributed by atoms with E-state index in [1.165, 1.54) is 0 Å². The molecule has 2 N–H and O–H groups in total. The predicted molar refractivity (Wildman–Crippen MR) is 106 cm³/mol. The van der Waals surface area contributed by atoms with Gasteiger partial charge in [-0.25, -0.2) is 0 Å². The monoisotopic (exact) mass is 380 g/mol. The molecule has 0 aromatic heterocycles. The quantitative estimate of drug-likeness (QED) is 0.805. The van der Waals surface area contributed by atoms with Crippen LogP contribution >= 0.6 is 0 Å². The van der Waals surface area contributed by atoms with Crippen molar-refractivity contribution >= 4 is 23.5 Å². The molecular weight excluding hydrogens is 356 g/mol. The highest BCUT2D eigenvalue weighted by atomic mass is 16.4. The summed E-state index contributed by atoms with van der Waals surface area (Å²) in [4.78, 5) is 37.8. The lowest BCUT2D eigenvalue weighted by molar-refractivity contribution is -0.140. The van der Waals surface area contributed by atoms with Gasteiger partial charge in [0, 0.05) is 24.8 Å². The molecule has 146 valence electrons. The van der Waals surface area contributed by atoms with E-state index >= 15 is 0 Å². The van der Waals surface area contributed by atoms with Gasteiger partial charge in [-0.1, -0.05) is 44.2 Å². The Morgan fingerprint density at radius 2 is 1.61 bits per heavy atom. The molecule has 0 spiro atoms. The van der Waals surface area contributed by atoms with Gasteiger partial charge in [0.1, 0.15) is 0 Å². The van der Waals surface area contributed by atoms with Gasteiger partial charge in [0.2, 0.25) is 5.91 Å². The molecule has 1 fully saturated rings. The van der Waals surface area contributed by atoms with Gasteiger partial charge in [-0.3, -0.25) is 14.4 Å². The fraction of sp³-hybridized carbons (Fsp3) is 0.318. The Balaban J connectivity index is 1.61. The Morgan fingerprint density at radius 3 is 2.14 bits per heavy atom. The van der Waals surface area contributed by atoms with Crippen LogP contribution in [0.3, 0.4) is 0 Å². The average molecular weight is 380 g/mol. The first kappa shape index (κ1) is 19.6.